The summed E-state index contributed by atoms with van der Waals surface area (Å²) < 4.78 is 24.5. The number of benzene rings is 2. The lowest BCUT2D eigenvalue weighted by molar-refractivity contribution is 0.0944. The maximum absolute atomic E-state index is 12.3. The van der Waals surface area contributed by atoms with Gasteiger partial charge in [0.1, 0.15) is 0 Å². The molecule has 0 unspecified atom stereocenters. The fourth-order valence-corrected chi connectivity index (χ4v) is 3.37. The van der Waals surface area contributed by atoms with Crippen LogP contribution in [-0.2, 0) is 10.0 Å². The quantitative estimate of drug-likeness (QED) is 0.534. The van der Waals surface area contributed by atoms with Crippen LogP contribution in [0, 0.1) is 0 Å². The number of nitrogens with one attached hydrogen (secondary N) is 2. The minimum atomic E-state index is -3.94. The molecule has 7 nitrogen and oxygen atoms in total. The highest BCUT2D eigenvalue weighted by Crippen LogP contribution is 2.15. The molecule has 2 aromatic carbocycles. The number of hydrogen-bond donors (Lipinski definition) is 2. The molecule has 0 radical (unpaired) electrons. The average Bonchev–Trinajstić information content (AvgIpc) is 2.67. The number of sulfonamides is 1. The smallest absolute Gasteiger partial charge is 0.266 e. The molecule has 2 N–H and O–H groups in total. The van der Waals surface area contributed by atoms with Gasteiger partial charge in [0.25, 0.3) is 15.9 Å². The van der Waals surface area contributed by atoms with Gasteiger partial charge in [-0.15, -0.1) is 4.83 Å². The summed E-state index contributed by atoms with van der Waals surface area (Å²) in [5.41, 5.74) is 3.93. The van der Waals surface area contributed by atoms with E-state index in [0.717, 1.165) is 18.8 Å². The molecule has 8 heteroatoms. The van der Waals surface area contributed by atoms with Crippen molar-refractivity contribution < 1.29 is 18.0 Å². The summed E-state index contributed by atoms with van der Waals surface area (Å²) in [5.74, 6) is -0.724. The second-order valence-electron chi connectivity index (χ2n) is 5.86. The Morgan fingerprint density at radius 3 is 1.89 bits per heavy atom. The minimum absolute atomic E-state index is 0.0512. The van der Waals surface area contributed by atoms with E-state index in [4.69, 9.17) is 0 Å². The topological polar surface area (TPSA) is 95.6 Å². The fraction of sp³-hybridized carbons (Fsp3) is 0.263. The van der Waals surface area contributed by atoms with Gasteiger partial charge < -0.3 is 4.90 Å². The predicted octanol–water partition coefficient (Wildman–Crippen LogP) is 2.36. The van der Waals surface area contributed by atoms with E-state index in [9.17, 15) is 18.0 Å². The van der Waals surface area contributed by atoms with Gasteiger partial charge in [-0.05, 0) is 57.2 Å². The molecule has 0 aliphatic carbocycles. The van der Waals surface area contributed by atoms with Crippen LogP contribution in [0.2, 0.25) is 0 Å². The van der Waals surface area contributed by atoms with Crippen LogP contribution in [0.1, 0.15) is 41.5 Å². The van der Waals surface area contributed by atoms with Crippen LogP contribution < -0.4 is 15.2 Å². The van der Waals surface area contributed by atoms with Gasteiger partial charge in [0.2, 0.25) is 0 Å². The van der Waals surface area contributed by atoms with Gasteiger partial charge in [-0.3, -0.25) is 15.0 Å². The molecule has 0 saturated carbocycles. The molecule has 0 aliphatic heterocycles. The molecule has 144 valence electrons. The van der Waals surface area contributed by atoms with Crippen molar-refractivity contribution in [3.63, 3.8) is 0 Å². The van der Waals surface area contributed by atoms with Gasteiger partial charge in [-0.2, -0.15) is 0 Å². The lowest BCUT2D eigenvalue weighted by Crippen LogP contribution is -2.41. The third kappa shape index (κ3) is 5.15. The Balaban J connectivity index is 2.04. The summed E-state index contributed by atoms with van der Waals surface area (Å²) in [6.45, 7) is 7.19. The van der Waals surface area contributed by atoms with Crippen molar-refractivity contribution in [1.82, 2.24) is 10.3 Å². The Kier molecular flexibility index (Phi) is 6.70. The normalized spacial score (nSPS) is 11.1. The minimum Gasteiger partial charge on any atom is -0.372 e. The third-order valence-electron chi connectivity index (χ3n) is 4.13. The largest absolute Gasteiger partial charge is 0.372 e. The van der Waals surface area contributed by atoms with Gasteiger partial charge in [-0.25, -0.2) is 8.42 Å². The first kappa shape index (κ1) is 20.6. The number of ketones is 1. The van der Waals surface area contributed by atoms with E-state index >= 15 is 0 Å². The van der Waals surface area contributed by atoms with Crippen LogP contribution in [0.3, 0.4) is 0 Å². The van der Waals surface area contributed by atoms with Crippen LogP contribution in [-0.4, -0.2) is 33.2 Å². The molecule has 0 aromatic heterocycles. The number of nitrogens with zero attached hydrogens (tertiary/aromatic N) is 1. The van der Waals surface area contributed by atoms with E-state index in [-0.39, 0.29) is 10.7 Å². The van der Waals surface area contributed by atoms with Crippen molar-refractivity contribution in [3.05, 3.63) is 59.7 Å². The van der Waals surface area contributed by atoms with Gasteiger partial charge >= 0.3 is 0 Å². The Labute approximate surface area is 159 Å². The highest BCUT2D eigenvalue weighted by atomic mass is 32.2. The van der Waals surface area contributed by atoms with Crippen LogP contribution in [0.15, 0.2) is 53.4 Å². The first-order valence-corrected chi connectivity index (χ1v) is 10.0. The summed E-state index contributed by atoms with van der Waals surface area (Å²) in [7, 11) is -3.94. The number of carbonyl (C=O) groups excluding carboxylic acids is 2. The van der Waals surface area contributed by atoms with Crippen molar-refractivity contribution in [2.45, 2.75) is 25.7 Å². The Morgan fingerprint density at radius 1 is 0.889 bits per heavy atom. The number of hydrazine groups is 1. The van der Waals surface area contributed by atoms with Crippen molar-refractivity contribution in [2.75, 3.05) is 18.0 Å². The van der Waals surface area contributed by atoms with Crippen LogP contribution in [0.4, 0.5) is 5.69 Å². The monoisotopic (exact) mass is 389 g/mol. The lowest BCUT2D eigenvalue weighted by atomic mass is 10.2. The maximum atomic E-state index is 12.3. The zero-order valence-electron chi connectivity index (χ0n) is 15.5. The van der Waals surface area contributed by atoms with E-state index in [1.54, 1.807) is 12.1 Å². The number of carbonyl (C=O) groups is 2. The van der Waals surface area contributed by atoms with Gasteiger partial charge in [0.15, 0.2) is 5.78 Å². The first-order chi connectivity index (χ1) is 12.8. The average molecular weight is 389 g/mol. The molecule has 2 aromatic rings. The van der Waals surface area contributed by atoms with E-state index in [1.807, 2.05) is 26.0 Å². The van der Waals surface area contributed by atoms with E-state index in [2.05, 4.69) is 15.2 Å². The molecule has 0 aliphatic rings. The SMILES string of the molecule is CCN(CC)c1ccc(C(=O)NNS(=O)(=O)c2ccc(C(C)=O)cc2)cc1. The number of Topliss-reactive ketones (excluding diaryl/α,β-unsaturated/α-hetero) is 1. The van der Waals surface area contributed by atoms with Crippen LogP contribution in [0.5, 0.6) is 0 Å². The second kappa shape index (κ2) is 8.79. The maximum Gasteiger partial charge on any atom is 0.266 e. The zero-order chi connectivity index (χ0) is 20.0. The molecular weight excluding hydrogens is 366 g/mol. The molecule has 0 spiro atoms. The summed E-state index contributed by atoms with van der Waals surface area (Å²) in [5, 5.41) is 0. The van der Waals surface area contributed by atoms with Crippen LogP contribution >= 0.6 is 0 Å². The van der Waals surface area contributed by atoms with Crippen molar-refractivity contribution in [3.8, 4) is 0 Å². The number of hydrogen-bond acceptors (Lipinski definition) is 5. The van der Waals surface area contributed by atoms with E-state index in [1.165, 1.54) is 31.2 Å². The molecule has 2 rings (SSSR count). The highest BCUT2D eigenvalue weighted by molar-refractivity contribution is 7.89. The van der Waals surface area contributed by atoms with E-state index in [0.29, 0.717) is 11.1 Å². The number of rotatable bonds is 8. The van der Waals surface area contributed by atoms with Crippen molar-refractivity contribution in [2.24, 2.45) is 0 Å². The number of amides is 1. The summed E-state index contributed by atoms with van der Waals surface area (Å²) in [6, 6.07) is 12.4. The fourth-order valence-electron chi connectivity index (χ4n) is 2.53. The second-order valence-corrected chi connectivity index (χ2v) is 7.54. The molecule has 0 saturated heterocycles. The summed E-state index contributed by atoms with van der Waals surface area (Å²) >= 11 is 0. The highest BCUT2D eigenvalue weighted by Gasteiger charge is 2.16. The Morgan fingerprint density at radius 2 is 1.41 bits per heavy atom. The number of anilines is 1. The van der Waals surface area contributed by atoms with Gasteiger partial charge in [0, 0.05) is 29.9 Å². The van der Waals surface area contributed by atoms with E-state index < -0.39 is 15.9 Å². The third-order valence-corrected chi connectivity index (χ3v) is 5.39. The van der Waals surface area contributed by atoms with Crippen LogP contribution in [0.25, 0.3) is 0 Å². The Hall–Kier alpha value is -2.71. The molecule has 0 bridgehead atoms. The molecule has 0 heterocycles. The van der Waals surface area contributed by atoms with Gasteiger partial charge in [-0.1, -0.05) is 12.1 Å². The van der Waals surface area contributed by atoms with Crippen molar-refractivity contribution >= 4 is 27.4 Å². The zero-order valence-corrected chi connectivity index (χ0v) is 16.3. The molecule has 0 atom stereocenters. The molecular formula is C19H23N3O4S. The first-order valence-electron chi connectivity index (χ1n) is 8.56. The Bertz CT molecular complexity index is 903. The van der Waals surface area contributed by atoms with Gasteiger partial charge in [0.05, 0.1) is 4.90 Å². The standard InChI is InChI=1S/C19H23N3O4S/c1-4-22(5-2)17-10-6-16(7-11-17)19(24)20-21-27(25,26)18-12-8-15(9-13-18)14(3)23/h6-13,21H,4-5H2,1-3H3,(H,20,24). The summed E-state index contributed by atoms with van der Waals surface area (Å²) in [6.07, 6.45) is 0. The lowest BCUT2D eigenvalue weighted by Gasteiger charge is -2.21. The summed E-state index contributed by atoms with van der Waals surface area (Å²) in [4.78, 5) is 27.6. The predicted molar refractivity (Wildman–Crippen MR) is 104 cm³/mol. The molecule has 0 fully saturated rings. The molecule has 1 amide bonds. The van der Waals surface area contributed by atoms with Crippen molar-refractivity contribution in [1.29, 1.82) is 0 Å². The molecule has 27 heavy (non-hydrogen) atoms.